The van der Waals surface area contributed by atoms with E-state index < -0.39 is 0 Å². The molecule has 5 heteroatoms. The van der Waals surface area contributed by atoms with Gasteiger partial charge in [0.2, 0.25) is 5.95 Å². The summed E-state index contributed by atoms with van der Waals surface area (Å²) in [6, 6.07) is 2.58. The van der Waals surface area contributed by atoms with Crippen molar-refractivity contribution in [3.05, 3.63) is 38.8 Å². The Hall–Kier alpha value is -0.940. The van der Waals surface area contributed by atoms with Crippen LogP contribution in [-0.4, -0.2) is 16.5 Å². The maximum absolute atomic E-state index is 4.38. The third-order valence-corrected chi connectivity index (χ3v) is 4.55. The maximum atomic E-state index is 4.38. The van der Waals surface area contributed by atoms with Crippen molar-refractivity contribution < 1.29 is 0 Å². The quantitative estimate of drug-likeness (QED) is 0.808. The Morgan fingerprint density at radius 3 is 2.94 bits per heavy atom. The van der Waals surface area contributed by atoms with Crippen LogP contribution in [0.4, 0.5) is 5.95 Å². The average molecular weight is 310 g/mol. The second kappa shape index (κ2) is 4.38. The number of nitrogens with zero attached hydrogens (tertiary/aromatic N) is 3. The molecule has 17 heavy (non-hydrogen) atoms. The van der Waals surface area contributed by atoms with Gasteiger partial charge >= 0.3 is 0 Å². The Labute approximate surface area is 113 Å². The van der Waals surface area contributed by atoms with E-state index in [-0.39, 0.29) is 0 Å². The third-order valence-electron chi connectivity index (χ3n) is 3.14. The van der Waals surface area contributed by atoms with Gasteiger partial charge in [0.1, 0.15) is 0 Å². The highest BCUT2D eigenvalue weighted by Gasteiger charge is 2.26. The van der Waals surface area contributed by atoms with Crippen molar-refractivity contribution in [3.63, 3.8) is 0 Å². The second-order valence-electron chi connectivity index (χ2n) is 4.12. The van der Waals surface area contributed by atoms with E-state index in [0.717, 1.165) is 23.4 Å². The smallest absolute Gasteiger partial charge is 0.225 e. The van der Waals surface area contributed by atoms with Crippen LogP contribution in [0.5, 0.6) is 0 Å². The summed E-state index contributed by atoms with van der Waals surface area (Å²) in [7, 11) is 0. The van der Waals surface area contributed by atoms with Gasteiger partial charge in [0.25, 0.3) is 0 Å². The number of anilines is 1. The van der Waals surface area contributed by atoms with Crippen molar-refractivity contribution in [1.82, 2.24) is 9.97 Å². The first-order chi connectivity index (χ1) is 8.25. The van der Waals surface area contributed by atoms with E-state index in [4.69, 9.17) is 0 Å². The molecule has 88 valence electrons. The van der Waals surface area contributed by atoms with Gasteiger partial charge in [-0.15, -0.1) is 11.3 Å². The molecule has 1 aliphatic heterocycles. The first-order valence-electron chi connectivity index (χ1n) is 5.56. The van der Waals surface area contributed by atoms with Gasteiger partial charge in [-0.1, -0.05) is 0 Å². The van der Waals surface area contributed by atoms with Crippen LogP contribution in [0.3, 0.4) is 0 Å². The molecule has 0 amide bonds. The minimum absolute atomic E-state index is 0.367. The lowest BCUT2D eigenvalue weighted by atomic mass is 10.0. The van der Waals surface area contributed by atoms with Gasteiger partial charge in [0, 0.05) is 23.8 Å². The lowest BCUT2D eigenvalue weighted by molar-refractivity contribution is 0.615. The molecule has 1 atom stereocenters. The molecule has 0 spiro atoms. The first-order valence-corrected chi connectivity index (χ1v) is 7.23. The van der Waals surface area contributed by atoms with Crippen LogP contribution in [0.1, 0.15) is 23.4 Å². The van der Waals surface area contributed by atoms with Crippen LogP contribution in [0.25, 0.3) is 0 Å². The molecule has 1 unspecified atom stereocenters. The van der Waals surface area contributed by atoms with E-state index in [1.807, 2.05) is 11.3 Å². The molecule has 0 N–H and O–H groups in total. The summed E-state index contributed by atoms with van der Waals surface area (Å²) in [6.07, 6.45) is 4.70. The van der Waals surface area contributed by atoms with Gasteiger partial charge < -0.3 is 4.90 Å². The summed E-state index contributed by atoms with van der Waals surface area (Å²) in [5.41, 5.74) is 1.42. The van der Waals surface area contributed by atoms with E-state index in [9.17, 15) is 0 Å². The molecule has 2 aromatic heterocycles. The lowest BCUT2D eigenvalue weighted by Crippen LogP contribution is -2.34. The zero-order valence-corrected chi connectivity index (χ0v) is 11.8. The first kappa shape index (κ1) is 11.2. The van der Waals surface area contributed by atoms with Crippen molar-refractivity contribution in [2.45, 2.75) is 19.4 Å². The Morgan fingerprint density at radius 2 is 2.18 bits per heavy atom. The fourth-order valence-electron chi connectivity index (χ4n) is 2.24. The van der Waals surface area contributed by atoms with Crippen molar-refractivity contribution in [2.24, 2.45) is 0 Å². The minimum atomic E-state index is 0.367. The standard InChI is InChI=1S/C12H12BrN3S/c1-8-10-3-5-17-11(10)2-4-16(8)12-14-6-9(13)7-15-12/h3,5-8H,2,4H2,1H3. The molecule has 0 aromatic carbocycles. The molecule has 0 bridgehead atoms. The summed E-state index contributed by atoms with van der Waals surface area (Å²) < 4.78 is 0.919. The normalized spacial score (nSPS) is 19.2. The van der Waals surface area contributed by atoms with Crippen LogP contribution in [0.2, 0.25) is 0 Å². The summed E-state index contributed by atoms with van der Waals surface area (Å²) in [5.74, 6) is 0.817. The average Bonchev–Trinajstić information content (AvgIpc) is 2.80. The molecule has 0 saturated heterocycles. The van der Waals surface area contributed by atoms with Crippen LogP contribution < -0.4 is 4.90 Å². The number of fused-ring (bicyclic) bond motifs is 1. The number of aromatic nitrogens is 2. The van der Waals surface area contributed by atoms with Crippen LogP contribution in [0, 0.1) is 0 Å². The van der Waals surface area contributed by atoms with E-state index in [1.165, 1.54) is 10.4 Å². The predicted octanol–water partition coefficient (Wildman–Crippen LogP) is 3.42. The molecule has 0 fully saturated rings. The Bertz CT molecular complexity index is 523. The molecule has 1 aliphatic rings. The fourth-order valence-corrected chi connectivity index (χ4v) is 3.40. The fraction of sp³-hybridized carbons (Fsp3) is 0.333. The Balaban J connectivity index is 1.93. The van der Waals surface area contributed by atoms with Crippen LogP contribution in [0.15, 0.2) is 28.3 Å². The van der Waals surface area contributed by atoms with Crippen LogP contribution >= 0.6 is 27.3 Å². The molecule has 0 saturated carbocycles. The van der Waals surface area contributed by atoms with Gasteiger partial charge in [0.05, 0.1) is 10.5 Å². The highest BCUT2D eigenvalue weighted by Crippen LogP contribution is 2.34. The number of rotatable bonds is 1. The van der Waals surface area contributed by atoms with E-state index in [1.54, 1.807) is 12.4 Å². The van der Waals surface area contributed by atoms with Gasteiger partial charge in [0.15, 0.2) is 0 Å². The van der Waals surface area contributed by atoms with E-state index >= 15 is 0 Å². The zero-order chi connectivity index (χ0) is 11.8. The molecule has 3 nitrogen and oxygen atoms in total. The van der Waals surface area contributed by atoms with Crippen molar-refractivity contribution >= 4 is 33.2 Å². The molecular formula is C12H12BrN3S. The SMILES string of the molecule is CC1c2ccsc2CCN1c1ncc(Br)cn1. The van der Waals surface area contributed by atoms with E-state index in [0.29, 0.717) is 6.04 Å². The highest BCUT2D eigenvalue weighted by atomic mass is 79.9. The largest absolute Gasteiger partial charge is 0.334 e. The number of hydrogen-bond donors (Lipinski definition) is 0. The number of thiophene rings is 1. The van der Waals surface area contributed by atoms with Gasteiger partial charge in [-0.3, -0.25) is 0 Å². The molecule has 0 radical (unpaired) electrons. The molecule has 0 aliphatic carbocycles. The minimum Gasteiger partial charge on any atom is -0.334 e. The number of hydrogen-bond acceptors (Lipinski definition) is 4. The zero-order valence-electron chi connectivity index (χ0n) is 9.43. The summed E-state index contributed by atoms with van der Waals surface area (Å²) in [4.78, 5) is 12.5. The number of halogens is 1. The van der Waals surface area contributed by atoms with Gasteiger partial charge in [-0.05, 0) is 46.3 Å². The molecule has 3 rings (SSSR count). The van der Waals surface area contributed by atoms with Gasteiger partial charge in [-0.2, -0.15) is 0 Å². The van der Waals surface area contributed by atoms with Crippen molar-refractivity contribution in [1.29, 1.82) is 0 Å². The van der Waals surface area contributed by atoms with Crippen molar-refractivity contribution in [3.8, 4) is 0 Å². The predicted molar refractivity (Wildman–Crippen MR) is 73.5 cm³/mol. The van der Waals surface area contributed by atoms with Gasteiger partial charge in [-0.25, -0.2) is 9.97 Å². The Morgan fingerprint density at radius 1 is 1.41 bits per heavy atom. The van der Waals surface area contributed by atoms with Crippen LogP contribution in [-0.2, 0) is 6.42 Å². The summed E-state index contributed by atoms with van der Waals surface area (Å²) >= 11 is 5.22. The topological polar surface area (TPSA) is 29.0 Å². The highest BCUT2D eigenvalue weighted by molar-refractivity contribution is 9.10. The Kier molecular flexibility index (Phi) is 2.88. The maximum Gasteiger partial charge on any atom is 0.225 e. The summed E-state index contributed by atoms with van der Waals surface area (Å²) in [5, 5.41) is 2.17. The third kappa shape index (κ3) is 1.98. The van der Waals surface area contributed by atoms with E-state index in [2.05, 4.69) is 49.2 Å². The monoisotopic (exact) mass is 309 g/mol. The molecule has 2 aromatic rings. The van der Waals surface area contributed by atoms with Crippen molar-refractivity contribution in [2.75, 3.05) is 11.4 Å². The lowest BCUT2D eigenvalue weighted by Gasteiger charge is -2.33. The molecule has 3 heterocycles. The second-order valence-corrected chi connectivity index (χ2v) is 6.04. The molecular weight excluding hydrogens is 298 g/mol. The summed E-state index contributed by atoms with van der Waals surface area (Å²) in [6.45, 7) is 3.21.